The monoisotopic (exact) mass is 350 g/mol. The molecule has 0 spiro atoms. The maximum absolute atomic E-state index is 11.9. The number of benzene rings is 1. The molecule has 1 aromatic carbocycles. The number of pyridine rings is 1. The lowest BCUT2D eigenvalue weighted by atomic mass is 10.2. The lowest BCUT2D eigenvalue weighted by molar-refractivity contribution is -0.119. The fourth-order valence-electron chi connectivity index (χ4n) is 1.86. The van der Waals surface area contributed by atoms with E-state index in [4.69, 9.17) is 25.8 Å². The third-order valence-corrected chi connectivity index (χ3v) is 3.28. The van der Waals surface area contributed by atoms with E-state index in [1.807, 2.05) is 0 Å². The van der Waals surface area contributed by atoms with E-state index in [2.05, 4.69) is 10.3 Å². The quantitative estimate of drug-likeness (QED) is 0.636. The summed E-state index contributed by atoms with van der Waals surface area (Å²) in [6.45, 7) is -0.460. The molecule has 0 aliphatic rings. The van der Waals surface area contributed by atoms with Crippen LogP contribution >= 0.6 is 11.6 Å². The molecule has 2 aromatic rings. The molecule has 126 valence electrons. The maximum Gasteiger partial charge on any atom is 0.341 e. The first kappa shape index (κ1) is 17.6. The Hall–Kier alpha value is -2.80. The molecule has 0 radical (unpaired) electrons. The van der Waals surface area contributed by atoms with Crippen molar-refractivity contribution in [2.24, 2.45) is 0 Å². The number of nitrogens with one attached hydrogen (secondary N) is 1. The van der Waals surface area contributed by atoms with Gasteiger partial charge < -0.3 is 19.5 Å². The summed E-state index contributed by atoms with van der Waals surface area (Å²) in [4.78, 5) is 27.5. The standard InChI is InChI=1S/C16H15ClN2O5/c1-22-12-6-5-10(8-13(12)23-2)19-14(20)9-24-16(21)11-4-3-7-18-15(11)17/h3-8H,9H2,1-2H3,(H,19,20). The summed E-state index contributed by atoms with van der Waals surface area (Å²) in [6.07, 6.45) is 1.45. The molecule has 0 atom stereocenters. The number of aromatic nitrogens is 1. The van der Waals surface area contributed by atoms with Crippen LogP contribution in [0.25, 0.3) is 0 Å². The van der Waals surface area contributed by atoms with Gasteiger partial charge in [-0.15, -0.1) is 0 Å². The van der Waals surface area contributed by atoms with Crippen LogP contribution in [0.15, 0.2) is 36.5 Å². The van der Waals surface area contributed by atoms with Gasteiger partial charge in [-0.2, -0.15) is 0 Å². The Morgan fingerprint density at radius 3 is 2.58 bits per heavy atom. The van der Waals surface area contributed by atoms with E-state index in [-0.39, 0.29) is 10.7 Å². The highest BCUT2D eigenvalue weighted by Crippen LogP contribution is 2.29. The van der Waals surface area contributed by atoms with Crippen LogP contribution in [0, 0.1) is 0 Å². The third-order valence-electron chi connectivity index (χ3n) is 2.98. The van der Waals surface area contributed by atoms with Crippen LogP contribution in [0.2, 0.25) is 5.15 Å². The van der Waals surface area contributed by atoms with Crippen molar-refractivity contribution in [1.82, 2.24) is 4.98 Å². The molecule has 0 fully saturated rings. The van der Waals surface area contributed by atoms with Crippen LogP contribution in [0.4, 0.5) is 5.69 Å². The zero-order chi connectivity index (χ0) is 17.5. The highest BCUT2D eigenvalue weighted by molar-refractivity contribution is 6.32. The number of amides is 1. The van der Waals surface area contributed by atoms with Crippen molar-refractivity contribution in [3.63, 3.8) is 0 Å². The molecule has 8 heteroatoms. The van der Waals surface area contributed by atoms with Crippen LogP contribution in [-0.4, -0.2) is 37.7 Å². The molecule has 2 rings (SSSR count). The Balaban J connectivity index is 1.94. The highest BCUT2D eigenvalue weighted by Gasteiger charge is 2.14. The van der Waals surface area contributed by atoms with Crippen molar-refractivity contribution in [3.05, 3.63) is 47.2 Å². The van der Waals surface area contributed by atoms with E-state index in [0.29, 0.717) is 17.2 Å². The average Bonchev–Trinajstić information content (AvgIpc) is 2.60. The molecule has 0 bridgehead atoms. The minimum absolute atomic E-state index is 0.0165. The van der Waals surface area contributed by atoms with Crippen molar-refractivity contribution in [2.75, 3.05) is 26.1 Å². The van der Waals surface area contributed by atoms with Crippen molar-refractivity contribution < 1.29 is 23.8 Å². The predicted molar refractivity (Wildman–Crippen MR) is 87.7 cm³/mol. The fraction of sp³-hybridized carbons (Fsp3) is 0.188. The molecule has 0 saturated carbocycles. The van der Waals surface area contributed by atoms with E-state index < -0.39 is 18.5 Å². The maximum atomic E-state index is 11.9. The fourth-order valence-corrected chi connectivity index (χ4v) is 2.05. The number of esters is 1. The molecule has 7 nitrogen and oxygen atoms in total. The van der Waals surface area contributed by atoms with E-state index >= 15 is 0 Å². The number of methoxy groups -OCH3 is 2. The van der Waals surface area contributed by atoms with Gasteiger partial charge in [-0.3, -0.25) is 4.79 Å². The average molecular weight is 351 g/mol. The van der Waals surface area contributed by atoms with Gasteiger partial charge in [-0.05, 0) is 24.3 Å². The Morgan fingerprint density at radius 2 is 1.92 bits per heavy atom. The Morgan fingerprint density at radius 1 is 1.17 bits per heavy atom. The highest BCUT2D eigenvalue weighted by atomic mass is 35.5. The number of carbonyl (C=O) groups excluding carboxylic acids is 2. The minimum atomic E-state index is -0.726. The van der Waals surface area contributed by atoms with Gasteiger partial charge in [0.15, 0.2) is 18.1 Å². The van der Waals surface area contributed by atoms with Crippen molar-refractivity contribution in [3.8, 4) is 11.5 Å². The number of nitrogens with zero attached hydrogens (tertiary/aromatic N) is 1. The van der Waals surface area contributed by atoms with Gasteiger partial charge in [0, 0.05) is 18.0 Å². The molecule has 0 saturated heterocycles. The second kappa shape index (κ2) is 8.16. The summed E-state index contributed by atoms with van der Waals surface area (Å²) < 4.78 is 15.2. The zero-order valence-electron chi connectivity index (χ0n) is 13.0. The molecule has 0 aliphatic heterocycles. The Bertz CT molecular complexity index is 751. The Kier molecular flexibility index (Phi) is 5.97. The van der Waals surface area contributed by atoms with E-state index in [0.717, 1.165) is 0 Å². The molecule has 1 N–H and O–H groups in total. The number of hydrogen-bond donors (Lipinski definition) is 1. The lowest BCUT2D eigenvalue weighted by Crippen LogP contribution is -2.21. The number of carbonyl (C=O) groups is 2. The first-order valence-electron chi connectivity index (χ1n) is 6.84. The van der Waals surface area contributed by atoms with E-state index in [1.165, 1.54) is 26.5 Å². The molecule has 1 heterocycles. The molecule has 24 heavy (non-hydrogen) atoms. The van der Waals surface area contributed by atoms with Crippen LogP contribution in [-0.2, 0) is 9.53 Å². The third kappa shape index (κ3) is 4.36. The summed E-state index contributed by atoms with van der Waals surface area (Å²) in [5.74, 6) is -0.228. The number of halogens is 1. The van der Waals surface area contributed by atoms with Gasteiger partial charge in [-0.1, -0.05) is 11.6 Å². The summed E-state index contributed by atoms with van der Waals surface area (Å²) in [5.41, 5.74) is 0.575. The molecule has 0 aliphatic carbocycles. The van der Waals surface area contributed by atoms with Gasteiger partial charge in [0.05, 0.1) is 19.8 Å². The lowest BCUT2D eigenvalue weighted by Gasteiger charge is -2.11. The summed E-state index contributed by atoms with van der Waals surface area (Å²) in [7, 11) is 3.00. The van der Waals surface area contributed by atoms with E-state index in [9.17, 15) is 9.59 Å². The molecule has 1 amide bonds. The SMILES string of the molecule is COc1ccc(NC(=O)COC(=O)c2cccnc2Cl)cc1OC. The van der Waals surface area contributed by atoms with Crippen molar-refractivity contribution in [2.45, 2.75) is 0 Å². The number of anilines is 1. The van der Waals surface area contributed by atoms with Crippen molar-refractivity contribution >= 4 is 29.2 Å². The zero-order valence-corrected chi connectivity index (χ0v) is 13.8. The summed E-state index contributed by atoms with van der Waals surface area (Å²) in [5, 5.41) is 2.61. The van der Waals surface area contributed by atoms with Gasteiger partial charge in [0.2, 0.25) is 0 Å². The number of hydrogen-bond acceptors (Lipinski definition) is 6. The predicted octanol–water partition coefficient (Wildman–Crippen LogP) is 2.55. The van der Waals surface area contributed by atoms with Gasteiger partial charge >= 0.3 is 5.97 Å². The normalized spacial score (nSPS) is 9.96. The summed E-state index contributed by atoms with van der Waals surface area (Å²) in [6, 6.07) is 7.89. The van der Waals surface area contributed by atoms with E-state index in [1.54, 1.807) is 24.3 Å². The topological polar surface area (TPSA) is 86.8 Å². The molecule has 1 aromatic heterocycles. The smallest absolute Gasteiger partial charge is 0.341 e. The molecular weight excluding hydrogens is 336 g/mol. The molecule has 0 unspecified atom stereocenters. The van der Waals surface area contributed by atoms with Gasteiger partial charge in [0.25, 0.3) is 5.91 Å². The second-order valence-electron chi connectivity index (χ2n) is 4.54. The van der Waals surface area contributed by atoms with Crippen LogP contribution in [0.3, 0.4) is 0 Å². The largest absolute Gasteiger partial charge is 0.493 e. The molecular formula is C16H15ClN2O5. The van der Waals surface area contributed by atoms with Crippen molar-refractivity contribution in [1.29, 1.82) is 0 Å². The second-order valence-corrected chi connectivity index (χ2v) is 4.89. The Labute approximate surface area is 143 Å². The van der Waals surface area contributed by atoms with Gasteiger partial charge in [0.1, 0.15) is 5.15 Å². The minimum Gasteiger partial charge on any atom is -0.493 e. The van der Waals surface area contributed by atoms with Gasteiger partial charge in [-0.25, -0.2) is 9.78 Å². The number of rotatable bonds is 6. The summed E-state index contributed by atoms with van der Waals surface area (Å²) >= 11 is 5.79. The first-order valence-corrected chi connectivity index (χ1v) is 7.22. The van der Waals surface area contributed by atoms with Crippen LogP contribution < -0.4 is 14.8 Å². The first-order chi connectivity index (χ1) is 11.5. The van der Waals surface area contributed by atoms with Crippen LogP contribution in [0.1, 0.15) is 10.4 Å². The van der Waals surface area contributed by atoms with Crippen LogP contribution in [0.5, 0.6) is 11.5 Å². The number of ether oxygens (including phenoxy) is 3.